The summed E-state index contributed by atoms with van der Waals surface area (Å²) in [7, 11) is 0. The van der Waals surface area contributed by atoms with Crippen molar-refractivity contribution in [1.29, 1.82) is 0 Å². The number of hydrogen-bond donors (Lipinski definition) is 0. The lowest BCUT2D eigenvalue weighted by Crippen LogP contribution is -2.36. The summed E-state index contributed by atoms with van der Waals surface area (Å²) in [6.45, 7) is 0.420. The number of imide groups is 4. The van der Waals surface area contributed by atoms with Crippen LogP contribution in [0.5, 0.6) is 0 Å². The van der Waals surface area contributed by atoms with E-state index in [0.29, 0.717) is 30.7 Å². The molecule has 0 radical (unpaired) electrons. The molecule has 12 nitrogen and oxygen atoms in total. The van der Waals surface area contributed by atoms with Gasteiger partial charge in [0, 0.05) is 61.7 Å². The molecule has 210 valence electrons. The number of hydrogen-bond acceptors (Lipinski definition) is 8. The molecule has 4 aliphatic heterocycles. The van der Waals surface area contributed by atoms with Gasteiger partial charge in [-0.2, -0.15) is 0 Å². The van der Waals surface area contributed by atoms with Gasteiger partial charge in [-0.05, 0) is 6.42 Å². The van der Waals surface area contributed by atoms with Gasteiger partial charge in [-0.15, -0.1) is 0 Å². The van der Waals surface area contributed by atoms with Crippen molar-refractivity contribution in [3.63, 3.8) is 0 Å². The van der Waals surface area contributed by atoms with Crippen molar-refractivity contribution in [2.45, 2.75) is 6.42 Å². The van der Waals surface area contributed by atoms with Crippen LogP contribution in [0.15, 0.2) is 48.6 Å². The number of nitrogens with zero attached hydrogens (tertiary/aromatic N) is 4. The first kappa shape index (κ1) is 28.5. The first-order chi connectivity index (χ1) is 19.3. The van der Waals surface area contributed by atoms with Crippen LogP contribution < -0.4 is 9.80 Å². The van der Waals surface area contributed by atoms with Crippen molar-refractivity contribution >= 4 is 58.6 Å². The molecule has 0 fully saturated rings. The minimum absolute atomic E-state index is 0.105. The van der Waals surface area contributed by atoms with Crippen LogP contribution in [0, 0.1) is 23.3 Å². The van der Waals surface area contributed by atoms with Gasteiger partial charge in [-0.1, -0.05) is 0 Å². The molecule has 4 heterocycles. The summed E-state index contributed by atoms with van der Waals surface area (Å²) >= 11 is 0. The maximum atomic E-state index is 14.2. The molecular formula is C25H14F4N4O8. The predicted octanol–water partition coefficient (Wildman–Crippen LogP) is 0.328. The first-order valence-electron chi connectivity index (χ1n) is 11.4. The Hall–Kier alpha value is -5.54. The Balaban J connectivity index is 0.000000201. The third kappa shape index (κ3) is 5.09. The van der Waals surface area contributed by atoms with Crippen molar-refractivity contribution in [1.82, 2.24) is 9.80 Å². The zero-order valence-corrected chi connectivity index (χ0v) is 20.3. The van der Waals surface area contributed by atoms with E-state index in [9.17, 15) is 55.9 Å². The van der Waals surface area contributed by atoms with Crippen molar-refractivity contribution < 1.29 is 55.9 Å². The molecule has 0 aliphatic carbocycles. The number of anilines is 2. The summed E-state index contributed by atoms with van der Waals surface area (Å²) in [6, 6.07) is 0. The Morgan fingerprint density at radius 1 is 0.390 bits per heavy atom. The minimum atomic E-state index is -2.10. The Bertz CT molecular complexity index is 1380. The number of carbonyl (C=O) groups excluding carboxylic acids is 8. The van der Waals surface area contributed by atoms with Crippen molar-refractivity contribution in [3.05, 3.63) is 71.9 Å². The number of halogens is 4. The van der Waals surface area contributed by atoms with E-state index in [-0.39, 0.29) is 46.5 Å². The molecule has 0 atom stereocenters. The van der Waals surface area contributed by atoms with Crippen LogP contribution in [0.2, 0.25) is 0 Å². The summed E-state index contributed by atoms with van der Waals surface area (Å²) in [4.78, 5) is 92.6. The number of benzene rings is 1. The summed E-state index contributed by atoms with van der Waals surface area (Å²) in [5.74, 6) is -14.6. The smallest absolute Gasteiger partial charge is 0.258 e. The second-order valence-corrected chi connectivity index (χ2v) is 8.32. The van der Waals surface area contributed by atoms with Gasteiger partial charge in [0.15, 0.2) is 23.3 Å². The largest absolute Gasteiger partial charge is 0.275 e. The second-order valence-electron chi connectivity index (χ2n) is 8.32. The van der Waals surface area contributed by atoms with E-state index in [2.05, 4.69) is 0 Å². The van der Waals surface area contributed by atoms with E-state index >= 15 is 0 Å². The topological polar surface area (TPSA) is 150 Å². The summed E-state index contributed by atoms with van der Waals surface area (Å²) in [5, 5.41) is 0. The molecule has 5 rings (SSSR count). The van der Waals surface area contributed by atoms with E-state index in [4.69, 9.17) is 0 Å². The van der Waals surface area contributed by atoms with Gasteiger partial charge in [0.1, 0.15) is 11.4 Å². The van der Waals surface area contributed by atoms with Gasteiger partial charge >= 0.3 is 0 Å². The zero-order chi connectivity index (χ0) is 30.2. The fourth-order valence-electron chi connectivity index (χ4n) is 3.93. The van der Waals surface area contributed by atoms with Gasteiger partial charge in [0.2, 0.25) is 0 Å². The van der Waals surface area contributed by atoms with Crippen LogP contribution in [-0.2, 0) is 38.4 Å². The van der Waals surface area contributed by atoms with E-state index in [0.717, 1.165) is 9.80 Å². The molecule has 4 aliphatic rings. The number of amides is 8. The summed E-state index contributed by atoms with van der Waals surface area (Å²) < 4.78 is 56.7. The van der Waals surface area contributed by atoms with Crippen LogP contribution in [0.25, 0.3) is 0 Å². The first-order valence-corrected chi connectivity index (χ1v) is 11.4. The fourth-order valence-corrected chi connectivity index (χ4v) is 3.93. The van der Waals surface area contributed by atoms with E-state index in [1.165, 1.54) is 24.3 Å². The van der Waals surface area contributed by atoms with Crippen molar-refractivity contribution in [2.24, 2.45) is 0 Å². The van der Waals surface area contributed by atoms with Gasteiger partial charge in [0.05, 0.1) is 0 Å². The standard InChI is InChI=1S/C14H4F4N2O4.C11H10N2O4/c15-9-11(17)14(20-7(23)3-4-8(20)24)12(18)10(16)13(9)19-5(21)1-2-6(19)22;14-8-2-3-9(15)12(8)6-1-7-13-10(16)4-5-11(13)17/h1-4H;2-5H,1,6-7H2. The van der Waals surface area contributed by atoms with Gasteiger partial charge in [-0.25, -0.2) is 27.4 Å². The van der Waals surface area contributed by atoms with Crippen molar-refractivity contribution in [2.75, 3.05) is 22.9 Å². The van der Waals surface area contributed by atoms with E-state index in [1.54, 1.807) is 0 Å². The molecule has 0 bridgehead atoms. The molecule has 0 spiro atoms. The molecular weight excluding hydrogens is 560 g/mol. The van der Waals surface area contributed by atoms with Gasteiger partial charge in [-0.3, -0.25) is 48.2 Å². The number of carbonyl (C=O) groups is 8. The van der Waals surface area contributed by atoms with Gasteiger partial charge < -0.3 is 0 Å². The van der Waals surface area contributed by atoms with Crippen LogP contribution >= 0.6 is 0 Å². The molecule has 1 aromatic carbocycles. The maximum Gasteiger partial charge on any atom is 0.258 e. The molecule has 0 saturated carbocycles. The molecule has 0 unspecified atom stereocenters. The lowest BCUT2D eigenvalue weighted by molar-refractivity contribution is -0.137. The Morgan fingerprint density at radius 3 is 0.854 bits per heavy atom. The monoisotopic (exact) mass is 574 g/mol. The van der Waals surface area contributed by atoms with Crippen LogP contribution in [0.3, 0.4) is 0 Å². The van der Waals surface area contributed by atoms with E-state index < -0.39 is 58.3 Å². The second kappa shape index (κ2) is 10.9. The predicted molar refractivity (Wildman–Crippen MR) is 126 cm³/mol. The Labute approximate surface area is 226 Å². The highest BCUT2D eigenvalue weighted by molar-refractivity contribution is 6.29. The molecule has 16 heteroatoms. The summed E-state index contributed by atoms with van der Waals surface area (Å²) in [5.41, 5.74) is -3.14. The Morgan fingerprint density at radius 2 is 0.610 bits per heavy atom. The highest BCUT2D eigenvalue weighted by Crippen LogP contribution is 2.37. The zero-order valence-electron chi connectivity index (χ0n) is 20.3. The van der Waals surface area contributed by atoms with Crippen LogP contribution in [0.1, 0.15) is 6.42 Å². The third-order valence-electron chi connectivity index (χ3n) is 5.85. The lowest BCUT2D eigenvalue weighted by atomic mass is 10.2. The molecule has 1 aromatic rings. The van der Waals surface area contributed by atoms with Gasteiger partial charge in [0.25, 0.3) is 47.3 Å². The lowest BCUT2D eigenvalue weighted by Gasteiger charge is -2.21. The highest BCUT2D eigenvalue weighted by Gasteiger charge is 2.40. The maximum absolute atomic E-state index is 14.2. The Kier molecular flexibility index (Phi) is 7.58. The molecule has 0 N–H and O–H groups in total. The average molecular weight is 574 g/mol. The SMILES string of the molecule is O=C1C=CC(=O)N1CCCN1C(=O)C=CC1=O.O=C1C=CC(=O)N1c1c(F)c(F)c(N2C(=O)C=CC2=O)c(F)c1F. The van der Waals surface area contributed by atoms with Crippen molar-refractivity contribution in [3.8, 4) is 0 Å². The summed E-state index contributed by atoms with van der Waals surface area (Å²) in [6.07, 6.45) is 7.83. The molecule has 0 aromatic heterocycles. The van der Waals surface area contributed by atoms with E-state index in [1.807, 2.05) is 0 Å². The quantitative estimate of drug-likeness (QED) is 0.268. The number of rotatable bonds is 6. The fraction of sp³-hybridized carbons (Fsp3) is 0.120. The molecule has 8 amide bonds. The van der Waals surface area contributed by atoms with Crippen LogP contribution in [0.4, 0.5) is 28.9 Å². The minimum Gasteiger partial charge on any atom is -0.275 e. The highest BCUT2D eigenvalue weighted by atomic mass is 19.2. The normalized spacial score (nSPS) is 17.9. The third-order valence-corrected chi connectivity index (χ3v) is 5.85. The molecule has 0 saturated heterocycles. The molecule has 41 heavy (non-hydrogen) atoms. The van der Waals surface area contributed by atoms with Crippen LogP contribution in [-0.4, -0.2) is 70.1 Å². The average Bonchev–Trinajstić information content (AvgIpc) is 3.64.